The number of piperidine rings is 1. The Balaban J connectivity index is 2.28. The first-order valence-corrected chi connectivity index (χ1v) is 7.17. The van der Waals surface area contributed by atoms with E-state index in [0.29, 0.717) is 17.6 Å². The number of ether oxygens (including phenoxy) is 1. The van der Waals surface area contributed by atoms with E-state index < -0.39 is 0 Å². The van der Waals surface area contributed by atoms with Gasteiger partial charge in [-0.15, -0.1) is 0 Å². The highest BCUT2D eigenvalue weighted by atomic mass is 16.5. The lowest BCUT2D eigenvalue weighted by atomic mass is 10.00. The van der Waals surface area contributed by atoms with Crippen molar-refractivity contribution in [3.05, 3.63) is 6.33 Å². The molecule has 19 heavy (non-hydrogen) atoms. The molecule has 1 aliphatic heterocycles. The molecule has 5 heteroatoms. The van der Waals surface area contributed by atoms with Gasteiger partial charge in [0.1, 0.15) is 12.0 Å². The molecule has 5 nitrogen and oxygen atoms in total. The van der Waals surface area contributed by atoms with Crippen LogP contribution in [0.4, 0.5) is 11.5 Å². The molecule has 0 radical (unpaired) electrons. The zero-order chi connectivity index (χ0) is 13.8. The number of hydrogen-bond donors (Lipinski definition) is 1. The molecule has 1 aromatic rings. The van der Waals surface area contributed by atoms with Gasteiger partial charge in [-0.1, -0.05) is 6.92 Å². The second-order valence-electron chi connectivity index (χ2n) is 5.33. The molecule has 1 fully saturated rings. The van der Waals surface area contributed by atoms with Gasteiger partial charge in [0.15, 0.2) is 5.82 Å². The third-order valence-corrected chi connectivity index (χ3v) is 3.54. The molecule has 1 saturated heterocycles. The summed E-state index contributed by atoms with van der Waals surface area (Å²) < 4.78 is 5.64. The Bertz CT molecular complexity index is 422. The smallest absolute Gasteiger partial charge is 0.242 e. The SMILES string of the molecule is CCC1CCCCN1c1ncnc(OC(C)C)c1N. The van der Waals surface area contributed by atoms with E-state index in [4.69, 9.17) is 10.5 Å². The van der Waals surface area contributed by atoms with E-state index in [1.165, 1.54) is 19.3 Å². The molecular weight excluding hydrogens is 240 g/mol. The first kappa shape index (κ1) is 13.9. The molecule has 2 rings (SSSR count). The van der Waals surface area contributed by atoms with Crippen LogP contribution in [0, 0.1) is 0 Å². The average molecular weight is 264 g/mol. The van der Waals surface area contributed by atoms with E-state index in [-0.39, 0.29) is 6.10 Å². The molecule has 0 saturated carbocycles. The van der Waals surface area contributed by atoms with Crippen molar-refractivity contribution in [2.75, 3.05) is 17.2 Å². The standard InChI is InChI=1S/C14H24N4O/c1-4-11-7-5-6-8-18(11)13-12(15)14(17-9-16-13)19-10(2)3/h9-11H,4-8,15H2,1-3H3. The number of hydrogen-bond acceptors (Lipinski definition) is 5. The number of anilines is 2. The number of aromatic nitrogens is 2. The summed E-state index contributed by atoms with van der Waals surface area (Å²) in [5.41, 5.74) is 6.75. The molecular formula is C14H24N4O. The van der Waals surface area contributed by atoms with Gasteiger partial charge >= 0.3 is 0 Å². The van der Waals surface area contributed by atoms with Crippen LogP contribution in [-0.4, -0.2) is 28.7 Å². The number of rotatable bonds is 4. The molecule has 0 aromatic carbocycles. The average Bonchev–Trinajstić information content (AvgIpc) is 2.41. The molecule has 0 bridgehead atoms. The van der Waals surface area contributed by atoms with Gasteiger partial charge in [-0.05, 0) is 39.5 Å². The monoisotopic (exact) mass is 264 g/mol. The van der Waals surface area contributed by atoms with E-state index in [9.17, 15) is 0 Å². The van der Waals surface area contributed by atoms with Crippen LogP contribution in [-0.2, 0) is 0 Å². The maximum atomic E-state index is 6.19. The Hall–Kier alpha value is -1.52. The van der Waals surface area contributed by atoms with Crippen LogP contribution in [0.1, 0.15) is 46.5 Å². The largest absolute Gasteiger partial charge is 0.473 e. The highest BCUT2D eigenvalue weighted by Gasteiger charge is 2.25. The Labute approximate surface area is 115 Å². The number of nitrogen functional groups attached to an aromatic ring is 1. The molecule has 2 heterocycles. The minimum atomic E-state index is 0.0633. The zero-order valence-electron chi connectivity index (χ0n) is 12.1. The minimum Gasteiger partial charge on any atom is -0.473 e. The molecule has 0 amide bonds. The predicted octanol–water partition coefficient (Wildman–Crippen LogP) is 2.61. The third kappa shape index (κ3) is 3.08. The second kappa shape index (κ2) is 6.08. The summed E-state index contributed by atoms with van der Waals surface area (Å²) in [5, 5.41) is 0. The molecule has 1 atom stereocenters. The Morgan fingerprint density at radius 3 is 2.89 bits per heavy atom. The van der Waals surface area contributed by atoms with Crippen molar-refractivity contribution in [1.29, 1.82) is 0 Å². The van der Waals surface area contributed by atoms with Gasteiger partial charge in [0.2, 0.25) is 5.88 Å². The van der Waals surface area contributed by atoms with Crippen molar-refractivity contribution in [1.82, 2.24) is 9.97 Å². The van der Waals surface area contributed by atoms with E-state index in [1.807, 2.05) is 13.8 Å². The zero-order valence-corrected chi connectivity index (χ0v) is 12.1. The van der Waals surface area contributed by atoms with E-state index in [0.717, 1.165) is 18.8 Å². The van der Waals surface area contributed by atoms with E-state index in [1.54, 1.807) is 6.33 Å². The molecule has 1 unspecified atom stereocenters. The molecule has 0 spiro atoms. The highest BCUT2D eigenvalue weighted by Crippen LogP contribution is 2.33. The minimum absolute atomic E-state index is 0.0633. The highest BCUT2D eigenvalue weighted by molar-refractivity contribution is 5.68. The maximum Gasteiger partial charge on any atom is 0.242 e. The van der Waals surface area contributed by atoms with Gasteiger partial charge < -0.3 is 15.4 Å². The van der Waals surface area contributed by atoms with Crippen LogP contribution in [0.5, 0.6) is 5.88 Å². The fraction of sp³-hybridized carbons (Fsp3) is 0.714. The third-order valence-electron chi connectivity index (χ3n) is 3.54. The Morgan fingerprint density at radius 2 is 2.21 bits per heavy atom. The van der Waals surface area contributed by atoms with Gasteiger partial charge in [-0.25, -0.2) is 4.98 Å². The number of nitrogens with zero attached hydrogens (tertiary/aromatic N) is 3. The summed E-state index contributed by atoms with van der Waals surface area (Å²) >= 11 is 0. The fourth-order valence-corrected chi connectivity index (χ4v) is 2.62. The van der Waals surface area contributed by atoms with Crippen molar-refractivity contribution < 1.29 is 4.74 Å². The summed E-state index contributed by atoms with van der Waals surface area (Å²) in [6.45, 7) is 7.17. The molecule has 0 aliphatic carbocycles. The van der Waals surface area contributed by atoms with Crippen LogP contribution < -0.4 is 15.4 Å². The summed E-state index contributed by atoms with van der Waals surface area (Å²) in [6, 6.07) is 0.526. The lowest BCUT2D eigenvalue weighted by Crippen LogP contribution is -2.40. The first-order valence-electron chi connectivity index (χ1n) is 7.17. The second-order valence-corrected chi connectivity index (χ2v) is 5.33. The predicted molar refractivity (Wildman–Crippen MR) is 77.5 cm³/mol. The van der Waals surface area contributed by atoms with Crippen molar-refractivity contribution in [2.24, 2.45) is 0 Å². The summed E-state index contributed by atoms with van der Waals surface area (Å²) in [6.07, 6.45) is 6.42. The van der Waals surface area contributed by atoms with Crippen molar-refractivity contribution >= 4 is 11.5 Å². The molecule has 106 valence electrons. The van der Waals surface area contributed by atoms with Crippen LogP contribution in [0.3, 0.4) is 0 Å². The summed E-state index contributed by atoms with van der Waals surface area (Å²) in [4.78, 5) is 10.8. The summed E-state index contributed by atoms with van der Waals surface area (Å²) in [5.74, 6) is 1.33. The van der Waals surface area contributed by atoms with Crippen molar-refractivity contribution in [3.63, 3.8) is 0 Å². The van der Waals surface area contributed by atoms with Crippen molar-refractivity contribution in [2.45, 2.75) is 58.6 Å². The van der Waals surface area contributed by atoms with Gasteiger partial charge in [-0.2, -0.15) is 4.98 Å². The number of nitrogens with two attached hydrogens (primary N) is 1. The quantitative estimate of drug-likeness (QED) is 0.905. The molecule has 2 N–H and O–H groups in total. The lowest BCUT2D eigenvalue weighted by molar-refractivity contribution is 0.233. The van der Waals surface area contributed by atoms with Gasteiger partial charge in [-0.3, -0.25) is 0 Å². The normalized spacial score (nSPS) is 19.8. The van der Waals surface area contributed by atoms with Crippen LogP contribution in [0.2, 0.25) is 0 Å². The van der Waals surface area contributed by atoms with Crippen LogP contribution in [0.25, 0.3) is 0 Å². The molecule has 1 aromatic heterocycles. The maximum absolute atomic E-state index is 6.19. The fourth-order valence-electron chi connectivity index (χ4n) is 2.62. The van der Waals surface area contributed by atoms with Crippen LogP contribution in [0.15, 0.2) is 6.33 Å². The van der Waals surface area contributed by atoms with Crippen LogP contribution >= 0.6 is 0 Å². The lowest BCUT2D eigenvalue weighted by Gasteiger charge is -2.36. The van der Waals surface area contributed by atoms with Crippen molar-refractivity contribution in [3.8, 4) is 5.88 Å². The molecule has 1 aliphatic rings. The Kier molecular flexibility index (Phi) is 4.45. The first-order chi connectivity index (χ1) is 9.13. The topological polar surface area (TPSA) is 64.3 Å². The van der Waals surface area contributed by atoms with Gasteiger partial charge in [0.05, 0.1) is 6.10 Å². The van der Waals surface area contributed by atoms with Gasteiger partial charge in [0.25, 0.3) is 0 Å². The Morgan fingerprint density at radius 1 is 1.42 bits per heavy atom. The van der Waals surface area contributed by atoms with Gasteiger partial charge in [0, 0.05) is 12.6 Å². The van der Waals surface area contributed by atoms with E-state index in [2.05, 4.69) is 21.8 Å². The van der Waals surface area contributed by atoms with E-state index >= 15 is 0 Å². The summed E-state index contributed by atoms with van der Waals surface area (Å²) in [7, 11) is 0.